The number of carbonyl (C=O) groups excluding carboxylic acids is 4. The van der Waals surface area contributed by atoms with Crippen molar-refractivity contribution >= 4 is 35.5 Å². The molecule has 0 aromatic heterocycles. The molecule has 3 aliphatic rings. The quantitative estimate of drug-likeness (QED) is 0.686. The minimum Gasteiger partial charge on any atom is -0.341 e. The highest BCUT2D eigenvalue weighted by Crippen LogP contribution is 2.50. The molecule has 3 aliphatic heterocycles. The summed E-state index contributed by atoms with van der Waals surface area (Å²) in [7, 11) is 0. The number of benzene rings is 1. The van der Waals surface area contributed by atoms with E-state index in [2.05, 4.69) is 24.5 Å². The van der Waals surface area contributed by atoms with Crippen molar-refractivity contribution < 1.29 is 19.2 Å². The Morgan fingerprint density at radius 1 is 1.27 bits per heavy atom. The number of nitrogens with one attached hydrogen (secondary N) is 2. The average Bonchev–Trinajstić information content (AvgIpc) is 3.24. The number of thioether (sulfide) groups is 1. The minimum absolute atomic E-state index is 0.0856. The normalized spacial score (nSPS) is 27.9. The van der Waals surface area contributed by atoms with Crippen molar-refractivity contribution in [3.63, 3.8) is 0 Å². The number of β-lactam (4-membered cyclic amide) rings is 1. The second-order valence-electron chi connectivity index (χ2n) is 8.46. The summed E-state index contributed by atoms with van der Waals surface area (Å²) >= 11 is 1.68. The summed E-state index contributed by atoms with van der Waals surface area (Å²) in [6, 6.07) is 8.07. The molecule has 8 nitrogen and oxygen atoms in total. The van der Waals surface area contributed by atoms with Crippen LogP contribution in [-0.2, 0) is 14.4 Å². The van der Waals surface area contributed by atoms with E-state index in [1.54, 1.807) is 36.0 Å². The number of hydrogen-bond donors (Lipinski definition) is 2. The van der Waals surface area contributed by atoms with Gasteiger partial charge in [-0.05, 0) is 26.3 Å². The maximum Gasteiger partial charge on any atom is 0.324 e. The SMILES string of the molecule is CC1N2C(=O)C(NC(=O)C(CC(=O)N3CCNC3=O)c3ccccc3)C2SC1(C)C. The van der Waals surface area contributed by atoms with Gasteiger partial charge in [-0.1, -0.05) is 30.3 Å². The number of carbonyl (C=O) groups is 4. The van der Waals surface area contributed by atoms with E-state index in [0.29, 0.717) is 18.7 Å². The fourth-order valence-corrected chi connectivity index (χ4v) is 5.85. The van der Waals surface area contributed by atoms with E-state index in [4.69, 9.17) is 0 Å². The molecular formula is C21H26N4O4S. The molecular weight excluding hydrogens is 404 g/mol. The van der Waals surface area contributed by atoms with Crippen molar-refractivity contribution in [3.8, 4) is 0 Å². The maximum atomic E-state index is 13.2. The van der Waals surface area contributed by atoms with Gasteiger partial charge in [0.15, 0.2) is 0 Å². The summed E-state index contributed by atoms with van der Waals surface area (Å²) in [5.74, 6) is -1.63. The second kappa shape index (κ2) is 7.61. The van der Waals surface area contributed by atoms with Crippen LogP contribution in [0.2, 0.25) is 0 Å². The first-order valence-corrected chi connectivity index (χ1v) is 11.0. The molecule has 2 N–H and O–H groups in total. The molecule has 3 heterocycles. The van der Waals surface area contributed by atoms with E-state index in [1.807, 2.05) is 17.9 Å². The lowest BCUT2D eigenvalue weighted by Gasteiger charge is -2.44. The number of fused-ring (bicyclic) bond motifs is 1. The zero-order chi connectivity index (χ0) is 21.6. The lowest BCUT2D eigenvalue weighted by Crippen LogP contribution is -2.69. The molecule has 4 rings (SSSR count). The van der Waals surface area contributed by atoms with Gasteiger partial charge in [0, 0.05) is 30.3 Å². The molecule has 1 aromatic rings. The zero-order valence-electron chi connectivity index (χ0n) is 17.3. The largest absolute Gasteiger partial charge is 0.341 e. The number of hydrogen-bond acceptors (Lipinski definition) is 5. The van der Waals surface area contributed by atoms with Crippen molar-refractivity contribution in [1.29, 1.82) is 0 Å². The van der Waals surface area contributed by atoms with Gasteiger partial charge in [-0.2, -0.15) is 0 Å². The Morgan fingerprint density at radius 2 is 1.97 bits per heavy atom. The van der Waals surface area contributed by atoms with Gasteiger partial charge in [-0.25, -0.2) is 4.79 Å². The number of nitrogens with zero attached hydrogens (tertiary/aromatic N) is 2. The lowest BCUT2D eigenvalue weighted by molar-refractivity contribution is -0.151. The van der Waals surface area contributed by atoms with Gasteiger partial charge < -0.3 is 15.5 Å². The molecule has 1 aromatic carbocycles. The van der Waals surface area contributed by atoms with E-state index >= 15 is 0 Å². The fourth-order valence-electron chi connectivity index (χ4n) is 4.20. The first kappa shape index (κ1) is 20.7. The summed E-state index contributed by atoms with van der Waals surface area (Å²) < 4.78 is -0.0856. The Hall–Kier alpha value is -2.55. The predicted octanol–water partition coefficient (Wildman–Crippen LogP) is 1.28. The number of amides is 5. The highest BCUT2D eigenvalue weighted by atomic mass is 32.2. The molecule has 4 atom stereocenters. The van der Waals surface area contributed by atoms with Crippen LogP contribution in [0.4, 0.5) is 4.79 Å². The van der Waals surface area contributed by atoms with Crippen LogP contribution < -0.4 is 10.6 Å². The van der Waals surface area contributed by atoms with Gasteiger partial charge in [0.2, 0.25) is 17.7 Å². The number of rotatable bonds is 5. The molecule has 0 spiro atoms. The van der Waals surface area contributed by atoms with Crippen molar-refractivity contribution in [1.82, 2.24) is 20.4 Å². The van der Waals surface area contributed by atoms with Gasteiger partial charge >= 0.3 is 6.03 Å². The molecule has 30 heavy (non-hydrogen) atoms. The van der Waals surface area contributed by atoms with Crippen molar-refractivity contribution in [2.45, 2.75) is 55.3 Å². The van der Waals surface area contributed by atoms with E-state index in [-0.39, 0.29) is 34.4 Å². The number of imide groups is 1. The highest BCUT2D eigenvalue weighted by molar-refractivity contribution is 8.01. The van der Waals surface area contributed by atoms with E-state index in [9.17, 15) is 19.2 Å². The van der Waals surface area contributed by atoms with E-state index < -0.39 is 23.9 Å². The van der Waals surface area contributed by atoms with Crippen LogP contribution in [0.5, 0.6) is 0 Å². The molecule has 3 fully saturated rings. The fraction of sp³-hybridized carbons (Fsp3) is 0.524. The van der Waals surface area contributed by atoms with Crippen LogP contribution in [0.15, 0.2) is 30.3 Å². The van der Waals surface area contributed by atoms with Crippen LogP contribution in [-0.4, -0.2) is 68.8 Å². The molecule has 4 unspecified atom stereocenters. The van der Waals surface area contributed by atoms with Crippen molar-refractivity contribution in [3.05, 3.63) is 35.9 Å². The average molecular weight is 431 g/mol. The topological polar surface area (TPSA) is 98.8 Å². The summed E-state index contributed by atoms with van der Waals surface area (Å²) in [5.41, 5.74) is 0.680. The second-order valence-corrected chi connectivity index (χ2v) is 10.2. The van der Waals surface area contributed by atoms with Gasteiger partial charge in [-0.15, -0.1) is 11.8 Å². The molecule has 3 saturated heterocycles. The van der Waals surface area contributed by atoms with Crippen LogP contribution >= 0.6 is 11.8 Å². The molecule has 0 aliphatic carbocycles. The smallest absolute Gasteiger partial charge is 0.324 e. The zero-order valence-corrected chi connectivity index (χ0v) is 18.1. The summed E-state index contributed by atoms with van der Waals surface area (Å²) in [6.45, 7) is 6.92. The lowest BCUT2D eigenvalue weighted by atomic mass is 9.92. The summed E-state index contributed by atoms with van der Waals surface area (Å²) in [5, 5.41) is 5.38. The van der Waals surface area contributed by atoms with Crippen molar-refractivity contribution in [2.24, 2.45) is 0 Å². The van der Waals surface area contributed by atoms with Gasteiger partial charge in [0.1, 0.15) is 11.4 Å². The highest BCUT2D eigenvalue weighted by Gasteiger charge is 2.60. The Balaban J connectivity index is 1.50. The molecule has 9 heteroatoms. The Labute approximate surface area is 179 Å². The van der Waals surface area contributed by atoms with Crippen LogP contribution in [0, 0.1) is 0 Å². The maximum absolute atomic E-state index is 13.2. The van der Waals surface area contributed by atoms with Gasteiger partial charge in [0.05, 0.1) is 5.92 Å². The van der Waals surface area contributed by atoms with E-state index in [1.165, 1.54) is 0 Å². The molecule has 0 bridgehead atoms. The van der Waals surface area contributed by atoms with Crippen molar-refractivity contribution in [2.75, 3.05) is 13.1 Å². The Bertz CT molecular complexity index is 890. The summed E-state index contributed by atoms with van der Waals surface area (Å²) in [6.07, 6.45) is -0.131. The van der Waals surface area contributed by atoms with E-state index in [0.717, 1.165) is 4.90 Å². The third kappa shape index (κ3) is 3.45. The minimum atomic E-state index is -0.772. The monoisotopic (exact) mass is 430 g/mol. The third-order valence-corrected chi connectivity index (χ3v) is 7.97. The molecule has 5 amide bonds. The van der Waals surface area contributed by atoms with Crippen LogP contribution in [0.1, 0.15) is 38.7 Å². The van der Waals surface area contributed by atoms with Crippen LogP contribution in [0.3, 0.4) is 0 Å². The van der Waals surface area contributed by atoms with Gasteiger partial charge in [-0.3, -0.25) is 19.3 Å². The predicted molar refractivity (Wildman–Crippen MR) is 113 cm³/mol. The first-order chi connectivity index (χ1) is 14.2. The van der Waals surface area contributed by atoms with Gasteiger partial charge in [0.25, 0.3) is 0 Å². The molecule has 0 saturated carbocycles. The summed E-state index contributed by atoms with van der Waals surface area (Å²) in [4.78, 5) is 53.4. The molecule has 0 radical (unpaired) electrons. The number of urea groups is 1. The standard InChI is InChI=1S/C21H26N4O4S/c1-12-21(2,3)30-19-16(18(28)25(12)19)23-17(27)14(13-7-5-4-6-8-13)11-15(26)24-10-9-22-20(24)29/h4-8,12,14,16,19H,9-11H2,1-3H3,(H,22,29)(H,23,27). The Morgan fingerprint density at radius 3 is 2.60 bits per heavy atom. The molecule has 160 valence electrons. The third-order valence-electron chi connectivity index (χ3n) is 6.28. The van der Waals surface area contributed by atoms with Crippen LogP contribution in [0.25, 0.3) is 0 Å². The first-order valence-electron chi connectivity index (χ1n) is 10.1. The Kier molecular flexibility index (Phi) is 5.25.